The number of fused-ring (bicyclic) bond motifs is 1. The van der Waals surface area contributed by atoms with E-state index in [-0.39, 0.29) is 5.91 Å². The molecule has 0 aliphatic heterocycles. The molecule has 6 nitrogen and oxygen atoms in total. The summed E-state index contributed by atoms with van der Waals surface area (Å²) in [5.74, 6) is -0.283. The Bertz CT molecular complexity index is 616. The van der Waals surface area contributed by atoms with Crippen LogP contribution < -0.4 is 5.32 Å². The van der Waals surface area contributed by atoms with Crippen LogP contribution >= 0.6 is 0 Å². The van der Waals surface area contributed by atoms with E-state index >= 15 is 0 Å². The monoisotopic (exact) mass is 274 g/mol. The van der Waals surface area contributed by atoms with E-state index in [0.29, 0.717) is 19.4 Å². The van der Waals surface area contributed by atoms with E-state index < -0.39 is 5.60 Å². The molecular formula is C14H18N4O2. The van der Waals surface area contributed by atoms with Gasteiger partial charge in [0.05, 0.1) is 18.4 Å². The summed E-state index contributed by atoms with van der Waals surface area (Å²) in [6.45, 7) is 0.335. The molecule has 2 N–H and O–H groups in total. The quantitative estimate of drug-likeness (QED) is 0.876. The molecule has 2 heterocycles. The number of hydrogen-bond acceptors (Lipinski definition) is 4. The fraction of sp³-hybridized carbons (Fsp3) is 0.500. The molecule has 1 saturated carbocycles. The van der Waals surface area contributed by atoms with E-state index in [1.807, 2.05) is 6.07 Å². The van der Waals surface area contributed by atoms with Gasteiger partial charge < -0.3 is 10.4 Å². The Hall–Kier alpha value is -1.95. The molecule has 2 aromatic heterocycles. The van der Waals surface area contributed by atoms with Gasteiger partial charge in [-0.15, -0.1) is 0 Å². The van der Waals surface area contributed by atoms with E-state index in [2.05, 4.69) is 15.4 Å². The Balaban J connectivity index is 1.70. The molecule has 0 saturated heterocycles. The first-order chi connectivity index (χ1) is 9.69. The molecule has 0 bridgehead atoms. The molecule has 0 spiro atoms. The van der Waals surface area contributed by atoms with Crippen LogP contribution in [0.25, 0.3) is 5.65 Å². The molecule has 0 unspecified atom stereocenters. The average Bonchev–Trinajstić information content (AvgIpc) is 2.94. The summed E-state index contributed by atoms with van der Waals surface area (Å²) in [4.78, 5) is 16.3. The van der Waals surface area contributed by atoms with Crippen molar-refractivity contribution < 1.29 is 9.90 Å². The Kier molecular flexibility index (Phi) is 3.40. The Morgan fingerprint density at radius 2 is 2.10 bits per heavy atom. The summed E-state index contributed by atoms with van der Waals surface area (Å²) in [6, 6.07) is 3.62. The zero-order valence-electron chi connectivity index (χ0n) is 11.2. The molecule has 6 heteroatoms. The highest BCUT2D eigenvalue weighted by Gasteiger charge is 2.36. The maximum absolute atomic E-state index is 12.2. The minimum atomic E-state index is -1.20. The molecule has 1 aliphatic carbocycles. The molecule has 1 aliphatic rings. The summed E-state index contributed by atoms with van der Waals surface area (Å²) in [7, 11) is 0. The van der Waals surface area contributed by atoms with Crippen LogP contribution in [0.3, 0.4) is 0 Å². The van der Waals surface area contributed by atoms with Crippen molar-refractivity contribution in [2.75, 3.05) is 0 Å². The third kappa shape index (κ3) is 2.38. The highest BCUT2D eigenvalue weighted by Crippen LogP contribution is 2.28. The van der Waals surface area contributed by atoms with Gasteiger partial charge in [-0.25, -0.2) is 9.50 Å². The van der Waals surface area contributed by atoms with E-state index in [1.165, 1.54) is 0 Å². The molecular weight excluding hydrogens is 256 g/mol. The highest BCUT2D eigenvalue weighted by molar-refractivity contribution is 5.84. The van der Waals surface area contributed by atoms with Gasteiger partial charge in [0.2, 0.25) is 0 Å². The molecule has 2 aromatic rings. The lowest BCUT2D eigenvalue weighted by Gasteiger charge is -2.30. The molecule has 1 fully saturated rings. The predicted octanol–water partition coefficient (Wildman–Crippen LogP) is 1.04. The van der Waals surface area contributed by atoms with Crippen LogP contribution in [0.2, 0.25) is 0 Å². The minimum Gasteiger partial charge on any atom is -0.380 e. The molecule has 1 amide bonds. The standard InChI is InChI=1S/C14H18N4O2/c19-13(14(20)6-2-1-3-7-14)16-10-11-4-8-15-12-5-9-17-18(11)12/h4-5,8-9,20H,1-3,6-7,10H2,(H,16,19). The summed E-state index contributed by atoms with van der Waals surface area (Å²) in [6.07, 6.45) is 7.36. The summed E-state index contributed by atoms with van der Waals surface area (Å²) in [5.41, 5.74) is 0.384. The normalized spacial score (nSPS) is 18.1. The highest BCUT2D eigenvalue weighted by atomic mass is 16.3. The largest absolute Gasteiger partial charge is 0.380 e. The fourth-order valence-electron chi connectivity index (χ4n) is 2.72. The van der Waals surface area contributed by atoms with Gasteiger partial charge in [0.1, 0.15) is 5.60 Å². The van der Waals surface area contributed by atoms with E-state index in [1.54, 1.807) is 23.0 Å². The number of rotatable bonds is 3. The van der Waals surface area contributed by atoms with Crippen molar-refractivity contribution in [3.63, 3.8) is 0 Å². The number of aromatic nitrogens is 3. The van der Waals surface area contributed by atoms with Gasteiger partial charge in [0.15, 0.2) is 5.65 Å². The molecule has 3 rings (SSSR count). The number of carbonyl (C=O) groups is 1. The summed E-state index contributed by atoms with van der Waals surface area (Å²) < 4.78 is 1.69. The van der Waals surface area contributed by atoms with Gasteiger partial charge in [-0.3, -0.25) is 4.79 Å². The molecule has 106 valence electrons. The lowest BCUT2D eigenvalue weighted by Crippen LogP contribution is -2.47. The Morgan fingerprint density at radius 3 is 2.90 bits per heavy atom. The second kappa shape index (κ2) is 5.20. The summed E-state index contributed by atoms with van der Waals surface area (Å²) in [5, 5.41) is 17.3. The molecule has 20 heavy (non-hydrogen) atoms. The van der Waals surface area contributed by atoms with Gasteiger partial charge in [0, 0.05) is 12.3 Å². The second-order valence-corrected chi connectivity index (χ2v) is 5.31. The van der Waals surface area contributed by atoms with Crippen molar-refractivity contribution in [3.8, 4) is 0 Å². The van der Waals surface area contributed by atoms with Crippen LogP contribution in [0, 0.1) is 0 Å². The number of amides is 1. The number of carbonyl (C=O) groups excluding carboxylic acids is 1. The van der Waals surface area contributed by atoms with Crippen LogP contribution in [0.1, 0.15) is 37.8 Å². The maximum atomic E-state index is 12.2. The van der Waals surface area contributed by atoms with Crippen molar-refractivity contribution in [1.82, 2.24) is 19.9 Å². The lowest BCUT2D eigenvalue weighted by molar-refractivity contribution is -0.143. The SMILES string of the molecule is O=C(NCc1ccnc2ccnn12)C1(O)CCCCC1. The zero-order valence-corrected chi connectivity index (χ0v) is 11.2. The Labute approximate surface area is 116 Å². The summed E-state index contributed by atoms with van der Waals surface area (Å²) >= 11 is 0. The third-order valence-corrected chi connectivity index (χ3v) is 3.90. The van der Waals surface area contributed by atoms with Crippen LogP contribution in [0.5, 0.6) is 0 Å². The topological polar surface area (TPSA) is 79.5 Å². The van der Waals surface area contributed by atoms with Crippen LogP contribution in [0.4, 0.5) is 0 Å². The minimum absolute atomic E-state index is 0.283. The Morgan fingerprint density at radius 1 is 1.30 bits per heavy atom. The van der Waals surface area contributed by atoms with Crippen molar-refractivity contribution in [2.45, 2.75) is 44.2 Å². The van der Waals surface area contributed by atoms with Gasteiger partial charge in [-0.05, 0) is 18.9 Å². The van der Waals surface area contributed by atoms with Crippen molar-refractivity contribution in [3.05, 3.63) is 30.2 Å². The average molecular weight is 274 g/mol. The third-order valence-electron chi connectivity index (χ3n) is 3.90. The number of nitrogens with zero attached hydrogens (tertiary/aromatic N) is 3. The first-order valence-corrected chi connectivity index (χ1v) is 6.97. The lowest BCUT2D eigenvalue weighted by atomic mass is 9.84. The van der Waals surface area contributed by atoms with Gasteiger partial charge >= 0.3 is 0 Å². The fourth-order valence-corrected chi connectivity index (χ4v) is 2.72. The first kappa shape index (κ1) is 13.1. The van der Waals surface area contributed by atoms with Crippen molar-refractivity contribution in [1.29, 1.82) is 0 Å². The van der Waals surface area contributed by atoms with Crippen LogP contribution in [-0.4, -0.2) is 31.2 Å². The molecule has 0 aromatic carbocycles. The van der Waals surface area contributed by atoms with Gasteiger partial charge in [-0.1, -0.05) is 19.3 Å². The van der Waals surface area contributed by atoms with Crippen LogP contribution in [-0.2, 0) is 11.3 Å². The smallest absolute Gasteiger partial charge is 0.252 e. The van der Waals surface area contributed by atoms with Crippen molar-refractivity contribution >= 4 is 11.6 Å². The van der Waals surface area contributed by atoms with Gasteiger partial charge in [-0.2, -0.15) is 5.10 Å². The number of aliphatic hydroxyl groups is 1. The number of nitrogens with one attached hydrogen (secondary N) is 1. The maximum Gasteiger partial charge on any atom is 0.252 e. The molecule has 0 radical (unpaired) electrons. The zero-order chi connectivity index (χ0) is 14.0. The first-order valence-electron chi connectivity index (χ1n) is 6.97. The van der Waals surface area contributed by atoms with Crippen molar-refractivity contribution in [2.24, 2.45) is 0 Å². The van der Waals surface area contributed by atoms with E-state index in [0.717, 1.165) is 30.6 Å². The predicted molar refractivity (Wildman–Crippen MR) is 72.9 cm³/mol. The van der Waals surface area contributed by atoms with E-state index in [9.17, 15) is 9.90 Å². The number of hydrogen-bond donors (Lipinski definition) is 2. The van der Waals surface area contributed by atoms with Gasteiger partial charge in [0.25, 0.3) is 5.91 Å². The van der Waals surface area contributed by atoms with Crippen LogP contribution in [0.15, 0.2) is 24.5 Å². The molecule has 0 atom stereocenters. The second-order valence-electron chi connectivity index (χ2n) is 5.31. The van der Waals surface area contributed by atoms with E-state index in [4.69, 9.17) is 0 Å².